The van der Waals surface area contributed by atoms with Crippen LogP contribution in [0.15, 0.2) is 48.7 Å². The molecule has 6 nitrogen and oxygen atoms in total. The molecule has 2 aromatic carbocycles. The third kappa shape index (κ3) is 3.98. The number of aromatic nitrogens is 2. The summed E-state index contributed by atoms with van der Waals surface area (Å²) in [5, 5.41) is 10.9. The van der Waals surface area contributed by atoms with E-state index in [2.05, 4.69) is 38.1 Å². The molecule has 144 valence electrons. The van der Waals surface area contributed by atoms with Crippen molar-refractivity contribution in [2.45, 2.75) is 6.42 Å². The second-order valence-electron chi connectivity index (χ2n) is 7.06. The van der Waals surface area contributed by atoms with E-state index in [1.807, 2.05) is 30.3 Å². The van der Waals surface area contributed by atoms with Gasteiger partial charge in [-0.1, -0.05) is 23.7 Å². The summed E-state index contributed by atoms with van der Waals surface area (Å²) in [6.07, 6.45) is 2.55. The van der Waals surface area contributed by atoms with Crippen LogP contribution in [0.4, 0.5) is 28.8 Å². The van der Waals surface area contributed by atoms with Crippen LogP contribution < -0.4 is 21.3 Å². The van der Waals surface area contributed by atoms with Crippen molar-refractivity contribution >= 4 is 52.9 Å². The molecule has 0 radical (unpaired) electrons. The van der Waals surface area contributed by atoms with Crippen LogP contribution in [0.1, 0.15) is 5.56 Å². The summed E-state index contributed by atoms with van der Waals surface area (Å²) in [6.45, 7) is 4.44. The number of nitrogens with zero attached hydrogens (tertiary/aromatic N) is 2. The fraction of sp³-hybridized carbons (Fsp3) is 0.200. The molecule has 28 heavy (non-hydrogen) atoms. The summed E-state index contributed by atoms with van der Waals surface area (Å²) in [6, 6.07) is 13.6. The second-order valence-corrected chi connectivity index (χ2v) is 10.6. The number of hydrogen-bond acceptors (Lipinski definition) is 6. The summed E-state index contributed by atoms with van der Waals surface area (Å²) < 4.78 is 12.6. The molecular weight excluding hydrogens is 393 g/mol. The lowest BCUT2D eigenvalue weighted by molar-refractivity contribution is 0.588. The molecule has 0 spiro atoms. The van der Waals surface area contributed by atoms with Crippen molar-refractivity contribution in [3.8, 4) is 0 Å². The standard InChI is InChI=1S/C20H21ClN5OP/c1-28(2,27)18-6-4-3-5-17(18)25-19-15(21)12-23-20(26-19)24-14-7-8-16-13(11-14)9-10-22-16/h3-8,11-12,22H,9-10H2,1-2H3,(H2,23,24,25,26). The van der Waals surface area contributed by atoms with Crippen LogP contribution in [0.3, 0.4) is 0 Å². The fourth-order valence-corrected chi connectivity index (χ4v) is 4.50. The van der Waals surface area contributed by atoms with Gasteiger partial charge in [0.05, 0.1) is 11.9 Å². The van der Waals surface area contributed by atoms with Gasteiger partial charge in [-0.15, -0.1) is 0 Å². The van der Waals surface area contributed by atoms with Gasteiger partial charge in [0.2, 0.25) is 5.95 Å². The maximum Gasteiger partial charge on any atom is 0.229 e. The molecule has 1 aliphatic rings. The Balaban J connectivity index is 1.61. The molecule has 8 heteroatoms. The molecule has 0 fully saturated rings. The lowest BCUT2D eigenvalue weighted by atomic mass is 10.1. The molecule has 0 atom stereocenters. The smallest absolute Gasteiger partial charge is 0.229 e. The van der Waals surface area contributed by atoms with Crippen molar-refractivity contribution in [1.29, 1.82) is 0 Å². The Morgan fingerprint density at radius 3 is 2.79 bits per heavy atom. The maximum atomic E-state index is 12.6. The van der Waals surface area contributed by atoms with Gasteiger partial charge in [0, 0.05) is 23.2 Å². The Kier molecular flexibility index (Phi) is 5.00. The Morgan fingerprint density at radius 1 is 1.14 bits per heavy atom. The first-order chi connectivity index (χ1) is 13.4. The highest BCUT2D eigenvalue weighted by Gasteiger charge is 2.17. The number of para-hydroxylation sites is 1. The Morgan fingerprint density at radius 2 is 1.96 bits per heavy atom. The van der Waals surface area contributed by atoms with Crippen molar-refractivity contribution in [2.24, 2.45) is 0 Å². The number of halogens is 1. The van der Waals surface area contributed by atoms with E-state index < -0.39 is 7.14 Å². The maximum absolute atomic E-state index is 12.6. The van der Waals surface area contributed by atoms with Crippen LogP contribution in [0.2, 0.25) is 5.02 Å². The third-order valence-electron chi connectivity index (χ3n) is 4.55. The average Bonchev–Trinajstić information content (AvgIpc) is 3.12. The molecule has 0 amide bonds. The summed E-state index contributed by atoms with van der Waals surface area (Å²) >= 11 is 6.30. The van der Waals surface area contributed by atoms with Crippen molar-refractivity contribution < 1.29 is 4.57 Å². The summed E-state index contributed by atoms with van der Waals surface area (Å²) in [5.74, 6) is 0.898. The molecule has 4 rings (SSSR count). The van der Waals surface area contributed by atoms with Gasteiger partial charge in [-0.25, -0.2) is 4.98 Å². The predicted octanol–water partition coefficient (Wildman–Crippen LogP) is 4.83. The SMILES string of the molecule is CP(C)(=O)c1ccccc1Nc1nc(Nc2ccc3c(c2)CCN3)ncc1Cl. The molecule has 2 heterocycles. The van der Waals surface area contributed by atoms with E-state index in [0.717, 1.165) is 29.6 Å². The zero-order chi connectivity index (χ0) is 19.7. The zero-order valence-electron chi connectivity index (χ0n) is 15.7. The Bertz CT molecular complexity index is 1080. The highest BCUT2D eigenvalue weighted by molar-refractivity contribution is 7.70. The van der Waals surface area contributed by atoms with Gasteiger partial charge in [0.25, 0.3) is 0 Å². The molecule has 0 saturated carbocycles. The van der Waals surface area contributed by atoms with Crippen LogP contribution in [-0.4, -0.2) is 29.8 Å². The van der Waals surface area contributed by atoms with E-state index in [0.29, 0.717) is 16.8 Å². The van der Waals surface area contributed by atoms with Gasteiger partial charge in [0.1, 0.15) is 12.2 Å². The van der Waals surface area contributed by atoms with Gasteiger partial charge >= 0.3 is 0 Å². The molecule has 0 saturated heterocycles. The number of nitrogens with one attached hydrogen (secondary N) is 3. The van der Waals surface area contributed by atoms with E-state index in [4.69, 9.17) is 11.6 Å². The second kappa shape index (κ2) is 7.46. The Hall–Kier alpha value is -2.56. The van der Waals surface area contributed by atoms with E-state index in [1.54, 1.807) is 19.5 Å². The molecule has 0 aliphatic carbocycles. The van der Waals surface area contributed by atoms with Gasteiger partial charge in [-0.05, 0) is 55.6 Å². The summed E-state index contributed by atoms with van der Waals surface area (Å²) in [5.41, 5.74) is 4.09. The highest BCUT2D eigenvalue weighted by Crippen LogP contribution is 2.38. The topological polar surface area (TPSA) is 78.9 Å². The van der Waals surface area contributed by atoms with Crippen LogP contribution in [0, 0.1) is 0 Å². The summed E-state index contributed by atoms with van der Waals surface area (Å²) in [7, 11) is -2.45. The van der Waals surface area contributed by atoms with E-state index >= 15 is 0 Å². The zero-order valence-corrected chi connectivity index (χ0v) is 17.3. The van der Waals surface area contributed by atoms with E-state index in [-0.39, 0.29) is 0 Å². The number of hydrogen-bond donors (Lipinski definition) is 3. The normalized spacial score (nSPS) is 13.0. The predicted molar refractivity (Wildman–Crippen MR) is 118 cm³/mol. The number of anilines is 5. The van der Waals surface area contributed by atoms with Crippen molar-refractivity contribution in [1.82, 2.24) is 9.97 Å². The molecule has 0 unspecified atom stereocenters. The minimum atomic E-state index is -2.45. The first-order valence-corrected chi connectivity index (χ1v) is 12.0. The molecule has 1 aromatic heterocycles. The Labute approximate surface area is 169 Å². The van der Waals surface area contributed by atoms with Crippen LogP contribution >= 0.6 is 18.7 Å². The summed E-state index contributed by atoms with van der Waals surface area (Å²) in [4.78, 5) is 8.78. The average molecular weight is 414 g/mol. The molecule has 1 aliphatic heterocycles. The van der Waals surface area contributed by atoms with Crippen molar-refractivity contribution in [3.63, 3.8) is 0 Å². The highest BCUT2D eigenvalue weighted by atomic mass is 35.5. The fourth-order valence-electron chi connectivity index (χ4n) is 3.20. The molecule has 3 aromatic rings. The number of fused-ring (bicyclic) bond motifs is 1. The third-order valence-corrected chi connectivity index (χ3v) is 6.38. The minimum Gasteiger partial charge on any atom is -0.384 e. The lowest BCUT2D eigenvalue weighted by Crippen LogP contribution is -2.10. The lowest BCUT2D eigenvalue weighted by Gasteiger charge is -2.16. The van der Waals surface area contributed by atoms with Crippen molar-refractivity contribution in [3.05, 3.63) is 59.2 Å². The monoisotopic (exact) mass is 413 g/mol. The van der Waals surface area contributed by atoms with Gasteiger partial charge < -0.3 is 20.5 Å². The molecular formula is C20H21ClN5OP. The van der Waals surface area contributed by atoms with Gasteiger partial charge in [-0.2, -0.15) is 4.98 Å². The minimum absolute atomic E-state index is 0.389. The van der Waals surface area contributed by atoms with E-state index in [9.17, 15) is 4.57 Å². The largest absolute Gasteiger partial charge is 0.384 e. The van der Waals surface area contributed by atoms with Crippen LogP contribution in [0.5, 0.6) is 0 Å². The molecule has 0 bridgehead atoms. The first-order valence-electron chi connectivity index (χ1n) is 8.98. The van der Waals surface area contributed by atoms with Gasteiger partial charge in [-0.3, -0.25) is 0 Å². The number of benzene rings is 2. The van der Waals surface area contributed by atoms with Crippen molar-refractivity contribution in [2.75, 3.05) is 35.8 Å². The van der Waals surface area contributed by atoms with Crippen LogP contribution in [0.25, 0.3) is 0 Å². The molecule has 3 N–H and O–H groups in total. The first kappa shape index (κ1) is 18.8. The quantitative estimate of drug-likeness (QED) is 0.520. The van der Waals surface area contributed by atoms with Crippen LogP contribution in [-0.2, 0) is 11.0 Å². The number of rotatable bonds is 5. The van der Waals surface area contributed by atoms with Gasteiger partial charge in [0.15, 0.2) is 5.82 Å². The van der Waals surface area contributed by atoms with E-state index in [1.165, 1.54) is 11.3 Å².